The Hall–Kier alpha value is -2.56. The molecule has 10 heteroatoms. The molecule has 1 heterocycles. The van der Waals surface area contributed by atoms with E-state index in [1.54, 1.807) is 19.1 Å². The van der Waals surface area contributed by atoms with Crippen molar-refractivity contribution in [2.24, 2.45) is 0 Å². The Bertz CT molecular complexity index is 1200. The van der Waals surface area contributed by atoms with Gasteiger partial charge in [0.15, 0.2) is 0 Å². The fourth-order valence-electron chi connectivity index (χ4n) is 5.07. The minimum Gasteiger partial charge on any atom is -0.491 e. The van der Waals surface area contributed by atoms with Crippen molar-refractivity contribution in [3.63, 3.8) is 0 Å². The molecule has 3 rings (SSSR count). The lowest BCUT2D eigenvalue weighted by molar-refractivity contribution is -0.347. The lowest BCUT2D eigenvalue weighted by atomic mass is 9.70. The van der Waals surface area contributed by atoms with Crippen LogP contribution in [0.2, 0.25) is 0 Å². The standard InChI is InChI=1S/C31H38F6O4/c1-7-28(8-2,24-11-12-26(21(4)16-24)39-17-25-18-41-27(5,6)19-40-25)23-10-9-22(20(3)15-23)13-14-29(38,30(32,33)34)31(35,36)37/h9-16,25,38H,7-8,17-19H2,1-6H3. The molecular weight excluding hydrogens is 550 g/mol. The van der Waals surface area contributed by atoms with Crippen LogP contribution in [-0.2, 0) is 14.9 Å². The van der Waals surface area contributed by atoms with Crippen LogP contribution in [0.25, 0.3) is 6.08 Å². The van der Waals surface area contributed by atoms with Crippen LogP contribution >= 0.6 is 0 Å². The third kappa shape index (κ3) is 6.92. The fraction of sp³-hybridized carbons (Fsp3) is 0.548. The van der Waals surface area contributed by atoms with E-state index in [1.165, 1.54) is 6.07 Å². The Labute approximate surface area is 237 Å². The SMILES string of the molecule is CCC(CC)(c1ccc(C=CC(O)(C(F)(F)F)C(F)(F)F)c(C)c1)c1ccc(OCC2COC(C)(C)CO2)c(C)c1. The summed E-state index contributed by atoms with van der Waals surface area (Å²) in [5.41, 5.74) is -2.30. The number of rotatable bonds is 9. The fourth-order valence-corrected chi connectivity index (χ4v) is 5.07. The quantitative estimate of drug-likeness (QED) is 0.303. The number of aryl methyl sites for hydroxylation is 2. The summed E-state index contributed by atoms with van der Waals surface area (Å²) < 4.78 is 96.2. The Morgan fingerprint density at radius 2 is 1.49 bits per heavy atom. The van der Waals surface area contributed by atoms with Crippen LogP contribution in [0.4, 0.5) is 26.3 Å². The molecule has 0 radical (unpaired) electrons. The predicted molar refractivity (Wildman–Crippen MR) is 145 cm³/mol. The van der Waals surface area contributed by atoms with Gasteiger partial charge in [-0.25, -0.2) is 0 Å². The maximum Gasteiger partial charge on any atom is 0.430 e. The third-order valence-electron chi connectivity index (χ3n) is 7.88. The molecule has 0 saturated carbocycles. The summed E-state index contributed by atoms with van der Waals surface area (Å²) in [4.78, 5) is 0. The van der Waals surface area contributed by atoms with Crippen LogP contribution in [0.15, 0.2) is 42.5 Å². The summed E-state index contributed by atoms with van der Waals surface area (Å²) in [7, 11) is 0. The summed E-state index contributed by atoms with van der Waals surface area (Å²) >= 11 is 0. The molecule has 0 aromatic heterocycles. The first kappa shape index (κ1) is 32.9. The predicted octanol–water partition coefficient (Wildman–Crippen LogP) is 7.85. The normalized spacial score (nSPS) is 18.6. The third-order valence-corrected chi connectivity index (χ3v) is 7.88. The molecule has 2 aromatic rings. The minimum atomic E-state index is -5.92. The van der Waals surface area contributed by atoms with Crippen molar-refractivity contribution < 1.29 is 45.7 Å². The van der Waals surface area contributed by atoms with Gasteiger partial charge in [0.2, 0.25) is 0 Å². The average Bonchev–Trinajstić information content (AvgIpc) is 2.88. The summed E-state index contributed by atoms with van der Waals surface area (Å²) in [5, 5.41) is 9.47. The first-order valence-corrected chi connectivity index (χ1v) is 13.5. The molecule has 0 bridgehead atoms. The monoisotopic (exact) mass is 588 g/mol. The number of alkyl halides is 6. The van der Waals surface area contributed by atoms with Crippen molar-refractivity contribution in [2.45, 2.75) is 89.5 Å². The molecule has 1 aliphatic rings. The van der Waals surface area contributed by atoms with Crippen molar-refractivity contribution in [3.8, 4) is 5.75 Å². The molecule has 0 aliphatic carbocycles. The molecule has 1 atom stereocenters. The highest BCUT2D eigenvalue weighted by Crippen LogP contribution is 2.45. The van der Waals surface area contributed by atoms with E-state index in [1.807, 2.05) is 52.8 Å². The first-order chi connectivity index (χ1) is 18.9. The van der Waals surface area contributed by atoms with Crippen LogP contribution in [-0.4, -0.2) is 54.6 Å². The molecule has 0 spiro atoms. The van der Waals surface area contributed by atoms with E-state index in [0.717, 1.165) is 16.7 Å². The van der Waals surface area contributed by atoms with Gasteiger partial charge in [0.05, 0.1) is 18.8 Å². The first-order valence-electron chi connectivity index (χ1n) is 13.5. The van der Waals surface area contributed by atoms with E-state index >= 15 is 0 Å². The van der Waals surface area contributed by atoms with Crippen LogP contribution in [0.1, 0.15) is 68.4 Å². The Balaban J connectivity index is 1.86. The molecule has 1 fully saturated rings. The number of aliphatic hydroxyl groups is 1. The van der Waals surface area contributed by atoms with E-state index in [2.05, 4.69) is 0 Å². The molecule has 41 heavy (non-hydrogen) atoms. The summed E-state index contributed by atoms with van der Waals surface area (Å²) in [6.07, 6.45) is -10.2. The number of ether oxygens (including phenoxy) is 3. The highest BCUT2D eigenvalue weighted by Gasteiger charge is 2.69. The Morgan fingerprint density at radius 3 is 1.95 bits per heavy atom. The van der Waals surface area contributed by atoms with Crippen molar-refractivity contribution >= 4 is 6.08 Å². The van der Waals surface area contributed by atoms with E-state index < -0.39 is 23.4 Å². The maximum atomic E-state index is 13.1. The van der Waals surface area contributed by atoms with E-state index in [0.29, 0.717) is 50.1 Å². The maximum absolute atomic E-state index is 13.1. The lowest BCUT2D eigenvalue weighted by Gasteiger charge is -2.35. The zero-order valence-electron chi connectivity index (χ0n) is 24.2. The van der Waals surface area contributed by atoms with Gasteiger partial charge in [0, 0.05) is 5.41 Å². The lowest BCUT2D eigenvalue weighted by Crippen LogP contribution is -2.55. The van der Waals surface area contributed by atoms with Crippen molar-refractivity contribution in [2.75, 3.05) is 19.8 Å². The second kappa shape index (κ2) is 12.0. The summed E-state index contributed by atoms with van der Waals surface area (Å²) in [6.45, 7) is 12.8. The van der Waals surface area contributed by atoms with Crippen LogP contribution in [0, 0.1) is 13.8 Å². The van der Waals surface area contributed by atoms with Crippen molar-refractivity contribution in [1.82, 2.24) is 0 Å². The van der Waals surface area contributed by atoms with Gasteiger partial charge in [0.25, 0.3) is 5.60 Å². The van der Waals surface area contributed by atoms with E-state index in [4.69, 9.17) is 14.2 Å². The average molecular weight is 589 g/mol. The van der Waals surface area contributed by atoms with Crippen LogP contribution in [0.5, 0.6) is 5.75 Å². The van der Waals surface area contributed by atoms with Gasteiger partial charge in [-0.3, -0.25) is 0 Å². The number of hydrogen-bond donors (Lipinski definition) is 1. The van der Waals surface area contributed by atoms with Crippen LogP contribution in [0.3, 0.4) is 0 Å². The Morgan fingerprint density at radius 1 is 0.927 bits per heavy atom. The zero-order valence-corrected chi connectivity index (χ0v) is 24.2. The van der Waals surface area contributed by atoms with E-state index in [9.17, 15) is 31.4 Å². The minimum absolute atomic E-state index is 0.138. The second-order valence-corrected chi connectivity index (χ2v) is 11.3. The molecular formula is C31H38F6O4. The van der Waals surface area contributed by atoms with Gasteiger partial charge in [-0.2, -0.15) is 26.3 Å². The molecule has 1 saturated heterocycles. The van der Waals surface area contributed by atoms with Crippen LogP contribution < -0.4 is 4.74 Å². The topological polar surface area (TPSA) is 47.9 Å². The smallest absolute Gasteiger partial charge is 0.430 e. The molecule has 1 unspecified atom stereocenters. The molecule has 1 N–H and O–H groups in total. The number of benzene rings is 2. The molecule has 2 aromatic carbocycles. The number of hydrogen-bond acceptors (Lipinski definition) is 4. The molecule has 4 nitrogen and oxygen atoms in total. The summed E-state index contributed by atoms with van der Waals surface area (Å²) in [5.74, 6) is 0.710. The highest BCUT2D eigenvalue weighted by molar-refractivity contribution is 5.57. The van der Waals surface area contributed by atoms with Gasteiger partial charge in [0.1, 0.15) is 18.5 Å². The molecule has 0 amide bonds. The van der Waals surface area contributed by atoms with Gasteiger partial charge < -0.3 is 19.3 Å². The van der Waals surface area contributed by atoms with Gasteiger partial charge in [-0.05, 0) is 80.5 Å². The zero-order chi connectivity index (χ0) is 30.9. The highest BCUT2D eigenvalue weighted by atomic mass is 19.4. The van der Waals surface area contributed by atoms with E-state index in [-0.39, 0.29) is 23.3 Å². The number of halogens is 6. The molecule has 1 aliphatic heterocycles. The van der Waals surface area contributed by atoms with Crippen molar-refractivity contribution in [1.29, 1.82) is 0 Å². The second-order valence-electron chi connectivity index (χ2n) is 11.3. The van der Waals surface area contributed by atoms with Gasteiger partial charge in [-0.1, -0.05) is 50.3 Å². The van der Waals surface area contributed by atoms with Gasteiger partial charge >= 0.3 is 12.4 Å². The molecule has 228 valence electrons. The summed E-state index contributed by atoms with van der Waals surface area (Å²) in [6, 6.07) is 10.9. The largest absolute Gasteiger partial charge is 0.491 e. The van der Waals surface area contributed by atoms with Crippen molar-refractivity contribution in [3.05, 3.63) is 70.3 Å². The van der Waals surface area contributed by atoms with Gasteiger partial charge in [-0.15, -0.1) is 0 Å². The Kier molecular flexibility index (Phi) is 9.62.